The van der Waals surface area contributed by atoms with Gasteiger partial charge in [-0.15, -0.1) is 6.42 Å². The van der Waals surface area contributed by atoms with Crippen LogP contribution in [-0.2, 0) is 0 Å². The van der Waals surface area contributed by atoms with Crippen LogP contribution in [0.15, 0.2) is 36.5 Å². The topological polar surface area (TPSA) is 94.8 Å². The van der Waals surface area contributed by atoms with Crippen LogP contribution < -0.4 is 9.64 Å². The number of hydrogen-bond acceptors (Lipinski definition) is 8. The van der Waals surface area contributed by atoms with Gasteiger partial charge in [-0.25, -0.2) is 18.7 Å². The van der Waals surface area contributed by atoms with Crippen LogP contribution in [0.4, 0.5) is 14.6 Å². The highest BCUT2D eigenvalue weighted by Gasteiger charge is 2.34. The summed E-state index contributed by atoms with van der Waals surface area (Å²) >= 11 is 0. The zero-order valence-electron chi connectivity index (χ0n) is 23.9. The first-order valence-corrected chi connectivity index (χ1v) is 14.2. The van der Waals surface area contributed by atoms with Crippen LogP contribution in [0.5, 0.6) is 11.8 Å². The molecule has 2 atom stereocenters. The molecule has 0 saturated carbocycles. The zero-order valence-corrected chi connectivity index (χ0v) is 23.9. The molecule has 0 amide bonds. The van der Waals surface area contributed by atoms with Crippen molar-refractivity contribution in [3.8, 4) is 35.4 Å². The Morgan fingerprint density at radius 2 is 1.93 bits per heavy atom. The Morgan fingerprint density at radius 3 is 2.60 bits per heavy atom. The summed E-state index contributed by atoms with van der Waals surface area (Å²) in [6, 6.07) is 8.64. The largest absolute Gasteiger partial charge is 0.508 e. The van der Waals surface area contributed by atoms with E-state index >= 15 is 0 Å². The maximum absolute atomic E-state index is 14.5. The lowest BCUT2D eigenvalue weighted by Crippen LogP contribution is -2.37. The minimum atomic E-state index is -0.518. The Balaban J connectivity index is 0.000000244. The van der Waals surface area contributed by atoms with Crippen molar-refractivity contribution >= 4 is 27.5 Å². The number of anilines is 1. The van der Waals surface area contributed by atoms with Crippen LogP contribution in [0.3, 0.4) is 0 Å². The molecule has 2 N–H and O–H groups in total. The summed E-state index contributed by atoms with van der Waals surface area (Å²) < 4.78 is 32.2. The summed E-state index contributed by atoms with van der Waals surface area (Å²) in [5.74, 6) is 2.73. The molecule has 3 aliphatic heterocycles. The van der Waals surface area contributed by atoms with E-state index in [2.05, 4.69) is 25.7 Å². The SMILES string of the molecule is C#Cc1c(F)ccc2cc(O)cc(-c3cc4nc(OC)ncc4c(N4CCC4)n3)c12.CCO.FC1CC2CCCN2C1. The van der Waals surface area contributed by atoms with E-state index in [1.54, 1.807) is 37.4 Å². The van der Waals surface area contributed by atoms with Crippen LogP contribution in [0, 0.1) is 18.2 Å². The number of methoxy groups -OCH3 is 1. The third-order valence-electron chi connectivity index (χ3n) is 7.81. The molecule has 2 aromatic heterocycles. The van der Waals surface area contributed by atoms with E-state index in [4.69, 9.17) is 21.3 Å². The number of nitrogens with zero attached hydrogens (tertiary/aromatic N) is 5. The third-order valence-corrected chi connectivity index (χ3v) is 7.81. The Morgan fingerprint density at radius 1 is 1.14 bits per heavy atom. The fourth-order valence-corrected chi connectivity index (χ4v) is 5.80. The summed E-state index contributed by atoms with van der Waals surface area (Å²) in [6.45, 7) is 5.54. The summed E-state index contributed by atoms with van der Waals surface area (Å²) in [6.07, 6.45) is 11.2. The molecule has 0 spiro atoms. The van der Waals surface area contributed by atoms with Gasteiger partial charge in [0.05, 0.1) is 29.3 Å². The molecular weight excluding hydrogens is 540 g/mol. The molecule has 3 saturated heterocycles. The number of phenolic OH excluding ortho intramolecular Hbond substituents is 1. The Kier molecular flexibility index (Phi) is 9.00. The monoisotopic (exact) mass is 575 g/mol. The molecule has 10 heteroatoms. The van der Waals surface area contributed by atoms with Gasteiger partial charge in [-0.3, -0.25) is 4.90 Å². The number of rotatable bonds is 3. The molecule has 8 nitrogen and oxygen atoms in total. The number of aromatic nitrogens is 3. The maximum Gasteiger partial charge on any atom is 0.316 e. The highest BCUT2D eigenvalue weighted by atomic mass is 19.1. The lowest BCUT2D eigenvalue weighted by molar-refractivity contribution is 0.292. The number of terminal acetylenes is 1. The summed E-state index contributed by atoms with van der Waals surface area (Å²) in [5.41, 5.74) is 1.85. The third kappa shape index (κ3) is 5.94. The molecule has 220 valence electrons. The number of ether oxygens (including phenoxy) is 1. The van der Waals surface area contributed by atoms with Gasteiger partial charge in [-0.05, 0) is 68.8 Å². The quantitative estimate of drug-likeness (QED) is 0.327. The number of fused-ring (bicyclic) bond motifs is 3. The van der Waals surface area contributed by atoms with Crippen molar-refractivity contribution in [1.29, 1.82) is 0 Å². The minimum absolute atomic E-state index is 0.0414. The Bertz CT molecular complexity index is 1610. The first kappa shape index (κ1) is 29.4. The van der Waals surface area contributed by atoms with Crippen LogP contribution in [-0.4, -0.2) is 82.2 Å². The first-order chi connectivity index (χ1) is 20.4. The van der Waals surface area contributed by atoms with E-state index in [0.717, 1.165) is 43.7 Å². The predicted molar refractivity (Wildman–Crippen MR) is 160 cm³/mol. The van der Waals surface area contributed by atoms with E-state index in [1.807, 2.05) is 0 Å². The minimum Gasteiger partial charge on any atom is -0.508 e. The molecule has 2 unspecified atom stereocenters. The Hall–Kier alpha value is -4.07. The van der Waals surface area contributed by atoms with Gasteiger partial charge in [-0.2, -0.15) is 4.98 Å². The lowest BCUT2D eigenvalue weighted by Gasteiger charge is -2.33. The normalized spacial score (nSPS) is 19.3. The van der Waals surface area contributed by atoms with Crippen molar-refractivity contribution in [2.45, 2.75) is 44.8 Å². The number of pyridine rings is 1. The van der Waals surface area contributed by atoms with E-state index < -0.39 is 12.0 Å². The molecule has 0 bridgehead atoms. The molecule has 0 radical (unpaired) electrons. The molecule has 5 heterocycles. The van der Waals surface area contributed by atoms with Gasteiger partial charge in [-0.1, -0.05) is 12.0 Å². The van der Waals surface area contributed by atoms with Crippen LogP contribution in [0.25, 0.3) is 32.9 Å². The molecule has 3 fully saturated rings. The van der Waals surface area contributed by atoms with Crippen molar-refractivity contribution < 1.29 is 23.7 Å². The van der Waals surface area contributed by atoms with Gasteiger partial charge in [0.1, 0.15) is 23.6 Å². The van der Waals surface area contributed by atoms with Gasteiger partial charge >= 0.3 is 6.01 Å². The number of alkyl halides is 1. The smallest absolute Gasteiger partial charge is 0.316 e. The molecule has 4 aromatic rings. The van der Waals surface area contributed by atoms with Gasteiger partial charge in [0.15, 0.2) is 0 Å². The second-order valence-electron chi connectivity index (χ2n) is 10.6. The predicted octanol–water partition coefficient (Wildman–Crippen LogP) is 5.08. The highest BCUT2D eigenvalue weighted by Crippen LogP contribution is 2.38. The van der Waals surface area contributed by atoms with Crippen LogP contribution >= 0.6 is 0 Å². The molecule has 7 rings (SSSR count). The summed E-state index contributed by atoms with van der Waals surface area (Å²) in [5, 5.41) is 19.8. The van der Waals surface area contributed by atoms with Crippen molar-refractivity contribution in [2.75, 3.05) is 44.8 Å². The average Bonchev–Trinajstić information content (AvgIpc) is 3.53. The second kappa shape index (κ2) is 12.8. The van der Waals surface area contributed by atoms with Crippen molar-refractivity contribution in [2.24, 2.45) is 0 Å². The van der Waals surface area contributed by atoms with Crippen LogP contribution in [0.1, 0.15) is 38.2 Å². The first-order valence-electron chi connectivity index (χ1n) is 14.2. The number of halogens is 2. The average molecular weight is 576 g/mol. The number of aromatic hydroxyl groups is 1. The van der Waals surface area contributed by atoms with Gasteiger partial charge in [0.2, 0.25) is 0 Å². The van der Waals surface area contributed by atoms with Crippen LogP contribution in [0.2, 0.25) is 0 Å². The van der Waals surface area contributed by atoms with Crippen molar-refractivity contribution in [3.05, 3.63) is 47.9 Å². The van der Waals surface area contributed by atoms with Gasteiger partial charge in [0, 0.05) is 49.4 Å². The summed E-state index contributed by atoms with van der Waals surface area (Å²) in [4.78, 5) is 17.9. The number of hydrogen-bond donors (Lipinski definition) is 2. The van der Waals surface area contributed by atoms with E-state index in [1.165, 1.54) is 26.0 Å². The number of aliphatic hydroxyl groups excluding tert-OH is 1. The number of benzene rings is 2. The van der Waals surface area contributed by atoms with E-state index in [0.29, 0.717) is 40.1 Å². The maximum atomic E-state index is 14.5. The van der Waals surface area contributed by atoms with E-state index in [9.17, 15) is 13.9 Å². The number of aliphatic hydroxyl groups is 1. The molecule has 42 heavy (non-hydrogen) atoms. The zero-order chi connectivity index (χ0) is 29.8. The summed E-state index contributed by atoms with van der Waals surface area (Å²) in [7, 11) is 1.50. The highest BCUT2D eigenvalue weighted by molar-refractivity contribution is 6.03. The number of phenols is 1. The fourth-order valence-electron chi connectivity index (χ4n) is 5.80. The molecule has 2 aromatic carbocycles. The van der Waals surface area contributed by atoms with E-state index in [-0.39, 0.29) is 23.9 Å². The second-order valence-corrected chi connectivity index (χ2v) is 10.6. The molecular formula is C32H35F2N5O3. The van der Waals surface area contributed by atoms with Crippen molar-refractivity contribution in [3.63, 3.8) is 0 Å². The van der Waals surface area contributed by atoms with Gasteiger partial charge in [0.25, 0.3) is 0 Å². The van der Waals surface area contributed by atoms with Crippen molar-refractivity contribution in [1.82, 2.24) is 19.9 Å². The molecule has 3 aliphatic rings. The molecule has 0 aliphatic carbocycles. The Labute approximate surface area is 244 Å². The standard InChI is InChI=1S/C23H17FN4O2.C7H12FN.C2H6O/c1-3-15-18(24)6-5-13-9-14(29)10-16(21(13)15)19-11-20-17(12-25-23(27-20)30-2)22(26-19)28-7-4-8-28;8-6-4-7-2-1-3-9(7)5-6;1-2-3/h1,5-6,9-12,29H,4,7-8H2,2H3;6-7H,1-5H2;3H,2H2,1H3. The van der Waals surface area contributed by atoms with Gasteiger partial charge < -0.3 is 19.8 Å². The fraction of sp³-hybridized carbons (Fsp3) is 0.406. The lowest BCUT2D eigenvalue weighted by atomic mass is 9.96.